The molecule has 10 heteroatoms. The van der Waals surface area contributed by atoms with Crippen LogP contribution in [0.5, 0.6) is 0 Å². The maximum Gasteiger partial charge on any atom is 0.261 e. The van der Waals surface area contributed by atoms with Gasteiger partial charge in [0.15, 0.2) is 0 Å². The second kappa shape index (κ2) is 13.6. The number of para-hydroxylation sites is 2. The zero-order valence-corrected chi connectivity index (χ0v) is 26.4. The van der Waals surface area contributed by atoms with Crippen LogP contribution in [0.3, 0.4) is 0 Å². The highest BCUT2D eigenvalue weighted by Gasteiger charge is 2.24. The van der Waals surface area contributed by atoms with Gasteiger partial charge in [0.2, 0.25) is 0 Å². The minimum Gasteiger partial charge on any atom is -0.287 e. The molecular weight excluding hydrogens is 593 g/mol. The minimum absolute atomic E-state index is 0.0989. The first-order chi connectivity index (χ1) is 21.1. The van der Waals surface area contributed by atoms with Crippen molar-refractivity contribution >= 4 is 43.9 Å². The normalized spacial score (nSPS) is 17.6. The van der Waals surface area contributed by atoms with Crippen molar-refractivity contribution in [3.05, 3.63) is 119 Å². The van der Waals surface area contributed by atoms with Crippen LogP contribution in [-0.2, 0) is 20.0 Å². The molecule has 0 saturated heterocycles. The van der Waals surface area contributed by atoms with Crippen LogP contribution in [0.25, 0.3) is 0 Å². The summed E-state index contributed by atoms with van der Waals surface area (Å²) in [6.45, 7) is 3.82. The number of aliphatic imine (C=N–C) groups is 2. The fourth-order valence-electron chi connectivity index (χ4n) is 5.04. The van der Waals surface area contributed by atoms with E-state index < -0.39 is 20.0 Å². The van der Waals surface area contributed by atoms with E-state index in [4.69, 9.17) is 9.98 Å². The molecule has 5 rings (SSSR count). The Kier molecular flexibility index (Phi) is 9.61. The Morgan fingerprint density at radius 3 is 1.32 bits per heavy atom. The molecule has 0 amide bonds. The molecule has 0 bridgehead atoms. The molecule has 2 N–H and O–H groups in total. The summed E-state index contributed by atoms with van der Waals surface area (Å²) in [7, 11) is -7.53. The molecular formula is C34H36N4O4S2. The van der Waals surface area contributed by atoms with Gasteiger partial charge in [0.1, 0.15) is 0 Å². The second-order valence-electron chi connectivity index (χ2n) is 11.0. The lowest BCUT2D eigenvalue weighted by molar-refractivity contribution is 0.390. The summed E-state index contributed by atoms with van der Waals surface area (Å²) in [5.74, 6) is 0. The molecule has 0 aromatic heterocycles. The number of nitrogens with one attached hydrogen (secondary N) is 2. The van der Waals surface area contributed by atoms with E-state index in [9.17, 15) is 16.8 Å². The molecule has 0 spiro atoms. The van der Waals surface area contributed by atoms with Crippen molar-refractivity contribution < 1.29 is 16.8 Å². The number of aryl methyl sites for hydroxylation is 2. The topological polar surface area (TPSA) is 117 Å². The summed E-state index contributed by atoms with van der Waals surface area (Å²) in [6, 6.07) is 27.6. The standard InChI is InChI=1S/C34H36N4O4S2/c1-25-15-19-29(20-16-25)43(39,40)37-31-11-5-3-9-27(31)23-35-33-13-7-8-14-34(33)36-24-28-10-4-6-12-32(28)38-44(41,42)30-21-17-26(2)18-22-30/h3-6,9-12,15-24,33-34,37-38H,7-8,13-14H2,1-2H3/t33-,34-/m1/s1. The number of rotatable bonds is 10. The monoisotopic (exact) mass is 628 g/mol. The lowest BCUT2D eigenvalue weighted by atomic mass is 9.91. The van der Waals surface area contributed by atoms with Crippen molar-refractivity contribution in [3.63, 3.8) is 0 Å². The van der Waals surface area contributed by atoms with Gasteiger partial charge in [0.25, 0.3) is 20.0 Å². The molecule has 4 aromatic carbocycles. The highest BCUT2D eigenvalue weighted by molar-refractivity contribution is 7.93. The molecule has 0 heterocycles. The SMILES string of the molecule is Cc1ccc(S(=O)(=O)Nc2ccccc2C=N[C@@H]2CCCC[C@H]2N=Cc2ccccc2NS(=O)(=O)c2ccc(C)cc2)cc1. The van der Waals surface area contributed by atoms with E-state index in [2.05, 4.69) is 9.44 Å². The van der Waals surface area contributed by atoms with Gasteiger partial charge in [-0.15, -0.1) is 0 Å². The van der Waals surface area contributed by atoms with E-state index >= 15 is 0 Å². The quantitative estimate of drug-likeness (QED) is 0.189. The van der Waals surface area contributed by atoms with Crippen molar-refractivity contribution in [2.75, 3.05) is 9.44 Å². The van der Waals surface area contributed by atoms with Gasteiger partial charge in [0.05, 0.1) is 33.2 Å². The van der Waals surface area contributed by atoms with Crippen LogP contribution >= 0.6 is 0 Å². The van der Waals surface area contributed by atoms with E-state index in [1.165, 1.54) is 0 Å². The first kappa shape index (κ1) is 31.2. The number of hydrogen-bond acceptors (Lipinski definition) is 6. The highest BCUT2D eigenvalue weighted by Crippen LogP contribution is 2.26. The predicted octanol–water partition coefficient (Wildman–Crippen LogP) is 6.75. The van der Waals surface area contributed by atoms with Crippen LogP contribution in [0.2, 0.25) is 0 Å². The average Bonchev–Trinajstić information content (AvgIpc) is 3.01. The maximum absolute atomic E-state index is 13.0. The molecule has 1 aliphatic carbocycles. The summed E-state index contributed by atoms with van der Waals surface area (Å²) >= 11 is 0. The predicted molar refractivity (Wildman–Crippen MR) is 178 cm³/mol. The number of nitrogens with zero attached hydrogens (tertiary/aromatic N) is 2. The molecule has 2 atom stereocenters. The highest BCUT2D eigenvalue weighted by atomic mass is 32.2. The van der Waals surface area contributed by atoms with Crippen LogP contribution in [-0.4, -0.2) is 41.3 Å². The van der Waals surface area contributed by atoms with Gasteiger partial charge < -0.3 is 0 Å². The zero-order chi connectivity index (χ0) is 31.2. The number of sulfonamides is 2. The van der Waals surface area contributed by atoms with Crippen molar-refractivity contribution in [1.82, 2.24) is 0 Å². The van der Waals surface area contributed by atoms with Gasteiger partial charge in [-0.1, -0.05) is 84.6 Å². The minimum atomic E-state index is -3.77. The smallest absolute Gasteiger partial charge is 0.261 e. The third-order valence-corrected chi connectivity index (χ3v) is 10.3. The summed E-state index contributed by atoms with van der Waals surface area (Å²) in [6.07, 6.45) is 7.16. The Morgan fingerprint density at radius 2 is 0.932 bits per heavy atom. The molecule has 44 heavy (non-hydrogen) atoms. The van der Waals surface area contributed by atoms with Crippen LogP contribution in [0.4, 0.5) is 11.4 Å². The van der Waals surface area contributed by atoms with E-state index in [0.29, 0.717) is 22.5 Å². The van der Waals surface area contributed by atoms with E-state index in [-0.39, 0.29) is 21.9 Å². The Bertz CT molecular complexity index is 1730. The summed E-state index contributed by atoms with van der Waals surface area (Å²) in [4.78, 5) is 10.1. The fourth-order valence-corrected chi connectivity index (χ4v) is 7.21. The van der Waals surface area contributed by atoms with E-state index in [1.54, 1.807) is 85.2 Å². The number of benzene rings is 4. The van der Waals surface area contributed by atoms with Crippen molar-refractivity contribution in [3.8, 4) is 0 Å². The Morgan fingerprint density at radius 1 is 0.568 bits per heavy atom. The summed E-state index contributed by atoms with van der Waals surface area (Å²) in [5, 5.41) is 0. The van der Waals surface area contributed by atoms with Gasteiger partial charge in [-0.05, 0) is 63.1 Å². The van der Waals surface area contributed by atoms with Crippen LogP contribution in [0, 0.1) is 13.8 Å². The van der Waals surface area contributed by atoms with Crippen molar-refractivity contribution in [1.29, 1.82) is 0 Å². The van der Waals surface area contributed by atoms with Gasteiger partial charge >= 0.3 is 0 Å². The van der Waals surface area contributed by atoms with Crippen LogP contribution in [0.15, 0.2) is 117 Å². The summed E-state index contributed by atoms with van der Waals surface area (Å²) in [5.41, 5.74) is 4.17. The molecule has 1 fully saturated rings. The molecule has 0 aliphatic heterocycles. The third kappa shape index (κ3) is 7.81. The van der Waals surface area contributed by atoms with Crippen LogP contribution in [0.1, 0.15) is 47.9 Å². The van der Waals surface area contributed by atoms with Crippen LogP contribution < -0.4 is 9.44 Å². The summed E-state index contributed by atoms with van der Waals surface area (Å²) < 4.78 is 57.5. The largest absolute Gasteiger partial charge is 0.287 e. The molecule has 1 aliphatic rings. The van der Waals surface area contributed by atoms with E-state index in [1.807, 2.05) is 38.1 Å². The molecule has 228 valence electrons. The molecule has 4 aromatic rings. The van der Waals surface area contributed by atoms with Gasteiger partial charge in [-0.25, -0.2) is 16.8 Å². The van der Waals surface area contributed by atoms with Gasteiger partial charge in [0, 0.05) is 23.6 Å². The lowest BCUT2D eigenvalue weighted by Crippen LogP contribution is -2.27. The van der Waals surface area contributed by atoms with Crippen molar-refractivity contribution in [2.24, 2.45) is 9.98 Å². The molecule has 1 saturated carbocycles. The Labute approximate surface area is 260 Å². The number of hydrogen-bond donors (Lipinski definition) is 2. The molecule has 8 nitrogen and oxygen atoms in total. The fraction of sp³-hybridized carbons (Fsp3) is 0.235. The number of anilines is 2. The van der Waals surface area contributed by atoms with Gasteiger partial charge in [-0.3, -0.25) is 19.4 Å². The first-order valence-corrected chi connectivity index (χ1v) is 17.5. The Balaban J connectivity index is 1.33. The average molecular weight is 629 g/mol. The first-order valence-electron chi connectivity index (χ1n) is 14.5. The maximum atomic E-state index is 13.0. The van der Waals surface area contributed by atoms with E-state index in [0.717, 1.165) is 36.8 Å². The Hall–Kier alpha value is -4.28. The second-order valence-corrected chi connectivity index (χ2v) is 14.4. The van der Waals surface area contributed by atoms with Crippen molar-refractivity contribution in [2.45, 2.75) is 61.4 Å². The van der Waals surface area contributed by atoms with Gasteiger partial charge in [-0.2, -0.15) is 0 Å². The zero-order valence-electron chi connectivity index (χ0n) is 24.7. The molecule has 0 radical (unpaired) electrons. The molecule has 0 unspecified atom stereocenters. The lowest BCUT2D eigenvalue weighted by Gasteiger charge is -2.25. The third-order valence-electron chi connectivity index (χ3n) is 7.58.